The molecule has 2 heterocycles. The fourth-order valence-electron chi connectivity index (χ4n) is 1.84. The van der Waals surface area contributed by atoms with Gasteiger partial charge in [0.1, 0.15) is 5.69 Å². The molecule has 0 aliphatic rings. The van der Waals surface area contributed by atoms with E-state index in [0.717, 1.165) is 0 Å². The number of hydrogen-bond acceptors (Lipinski definition) is 2. The van der Waals surface area contributed by atoms with Crippen LogP contribution in [0.25, 0.3) is 5.65 Å². The van der Waals surface area contributed by atoms with Gasteiger partial charge in [0.05, 0.1) is 15.7 Å². The van der Waals surface area contributed by atoms with Gasteiger partial charge in [-0.15, -0.1) is 0 Å². The van der Waals surface area contributed by atoms with E-state index in [4.69, 9.17) is 23.2 Å². The van der Waals surface area contributed by atoms with Gasteiger partial charge in [0.25, 0.3) is 5.91 Å². The Hall–Kier alpha value is -1.26. The zero-order valence-corrected chi connectivity index (χ0v) is 12.5. The van der Waals surface area contributed by atoms with Gasteiger partial charge in [0.15, 0.2) is 5.65 Å². The Bertz CT molecular complexity index is 634. The van der Waals surface area contributed by atoms with E-state index < -0.39 is 0 Å². The first-order valence-electron chi connectivity index (χ1n) is 6.02. The molecule has 1 amide bonds. The summed E-state index contributed by atoms with van der Waals surface area (Å²) in [7, 11) is 0. The number of aryl methyl sites for hydroxylation is 1. The molecule has 0 aliphatic heterocycles. The number of imidazole rings is 1. The summed E-state index contributed by atoms with van der Waals surface area (Å²) in [4.78, 5) is 16.5. The Balaban J connectivity index is 2.48. The van der Waals surface area contributed by atoms with E-state index in [1.165, 1.54) is 0 Å². The number of rotatable bonds is 3. The lowest BCUT2D eigenvalue weighted by atomic mass is 10.2. The van der Waals surface area contributed by atoms with E-state index in [-0.39, 0.29) is 5.91 Å². The Morgan fingerprint density at radius 1 is 1.47 bits per heavy atom. The van der Waals surface area contributed by atoms with E-state index in [9.17, 15) is 4.79 Å². The van der Waals surface area contributed by atoms with Gasteiger partial charge < -0.3 is 5.32 Å². The first-order valence-corrected chi connectivity index (χ1v) is 6.77. The average molecular weight is 300 g/mol. The molecule has 6 heteroatoms. The lowest BCUT2D eigenvalue weighted by Gasteiger charge is -2.08. The van der Waals surface area contributed by atoms with Gasteiger partial charge in [0.2, 0.25) is 0 Å². The molecule has 0 spiro atoms. The van der Waals surface area contributed by atoms with Gasteiger partial charge >= 0.3 is 0 Å². The highest BCUT2D eigenvalue weighted by Crippen LogP contribution is 2.24. The maximum absolute atomic E-state index is 12.2. The van der Waals surface area contributed by atoms with Crippen LogP contribution in [0.1, 0.15) is 30.0 Å². The summed E-state index contributed by atoms with van der Waals surface area (Å²) in [6.45, 7) is 6.46. The SMILES string of the molecule is Cc1nc2c(Cl)cc(Cl)cn2c1C(=O)NCC(C)C. The van der Waals surface area contributed by atoms with Crippen LogP contribution >= 0.6 is 23.2 Å². The standard InChI is InChI=1S/C13H15Cl2N3O/c1-7(2)5-16-13(19)11-8(3)17-12-10(15)4-9(14)6-18(11)12/h4,6-7H,5H2,1-3H3,(H,16,19). The van der Waals surface area contributed by atoms with Crippen LogP contribution in [0.2, 0.25) is 10.0 Å². The monoisotopic (exact) mass is 299 g/mol. The zero-order valence-electron chi connectivity index (χ0n) is 11.0. The normalized spacial score (nSPS) is 11.3. The highest BCUT2D eigenvalue weighted by Gasteiger charge is 2.18. The molecule has 0 fully saturated rings. The Morgan fingerprint density at radius 2 is 2.16 bits per heavy atom. The topological polar surface area (TPSA) is 46.4 Å². The van der Waals surface area contributed by atoms with Gasteiger partial charge in [-0.3, -0.25) is 9.20 Å². The number of fused-ring (bicyclic) bond motifs is 1. The Morgan fingerprint density at radius 3 is 2.79 bits per heavy atom. The third-order valence-corrected chi connectivity index (χ3v) is 3.19. The number of carbonyl (C=O) groups excluding carboxylic acids is 1. The molecule has 102 valence electrons. The molecule has 0 bridgehead atoms. The molecule has 2 rings (SSSR count). The molecule has 0 unspecified atom stereocenters. The van der Waals surface area contributed by atoms with Crippen molar-refractivity contribution >= 4 is 34.8 Å². The molecule has 0 radical (unpaired) electrons. The molecule has 2 aromatic heterocycles. The summed E-state index contributed by atoms with van der Waals surface area (Å²) in [5.74, 6) is 0.215. The van der Waals surface area contributed by atoms with E-state index >= 15 is 0 Å². The summed E-state index contributed by atoms with van der Waals surface area (Å²) in [5.41, 5.74) is 1.64. The number of nitrogens with zero attached hydrogens (tertiary/aromatic N) is 2. The van der Waals surface area contributed by atoms with Crippen molar-refractivity contribution in [2.75, 3.05) is 6.54 Å². The number of halogens is 2. The molecular formula is C13H15Cl2N3O. The third-order valence-electron chi connectivity index (χ3n) is 2.70. The van der Waals surface area contributed by atoms with E-state index in [0.29, 0.717) is 39.5 Å². The molecule has 0 saturated heterocycles. The second-order valence-corrected chi connectivity index (χ2v) is 5.69. The van der Waals surface area contributed by atoms with Gasteiger partial charge in [-0.2, -0.15) is 0 Å². The van der Waals surface area contributed by atoms with Gasteiger partial charge in [-0.25, -0.2) is 4.98 Å². The number of aromatic nitrogens is 2. The minimum atomic E-state index is -0.169. The van der Waals surface area contributed by atoms with Crippen LogP contribution in [-0.4, -0.2) is 21.8 Å². The molecule has 2 aromatic rings. The van der Waals surface area contributed by atoms with E-state index in [1.807, 2.05) is 13.8 Å². The predicted molar refractivity (Wildman–Crippen MR) is 77.1 cm³/mol. The summed E-state index contributed by atoms with van der Waals surface area (Å²) in [6, 6.07) is 1.61. The third kappa shape index (κ3) is 2.85. The van der Waals surface area contributed by atoms with Crippen molar-refractivity contribution in [1.82, 2.24) is 14.7 Å². The van der Waals surface area contributed by atoms with Gasteiger partial charge in [-0.05, 0) is 18.9 Å². The summed E-state index contributed by atoms with van der Waals surface area (Å²) in [6.07, 6.45) is 1.65. The van der Waals surface area contributed by atoms with Crippen molar-refractivity contribution in [3.63, 3.8) is 0 Å². The molecular weight excluding hydrogens is 285 g/mol. The molecule has 0 aromatic carbocycles. The van der Waals surface area contributed by atoms with Crippen molar-refractivity contribution in [3.05, 3.63) is 33.7 Å². The maximum Gasteiger partial charge on any atom is 0.270 e. The van der Waals surface area contributed by atoms with Crippen LogP contribution in [0.15, 0.2) is 12.3 Å². The first-order chi connectivity index (χ1) is 8.90. The number of nitrogens with one attached hydrogen (secondary N) is 1. The molecule has 0 aliphatic carbocycles. The number of hydrogen-bond donors (Lipinski definition) is 1. The zero-order chi connectivity index (χ0) is 14.2. The van der Waals surface area contributed by atoms with Crippen LogP contribution in [0.3, 0.4) is 0 Å². The van der Waals surface area contributed by atoms with Crippen molar-refractivity contribution in [1.29, 1.82) is 0 Å². The molecule has 0 saturated carbocycles. The minimum Gasteiger partial charge on any atom is -0.350 e. The van der Waals surface area contributed by atoms with E-state index in [2.05, 4.69) is 10.3 Å². The highest BCUT2D eigenvalue weighted by atomic mass is 35.5. The van der Waals surface area contributed by atoms with Crippen LogP contribution in [0.4, 0.5) is 0 Å². The van der Waals surface area contributed by atoms with Crippen molar-refractivity contribution in [2.45, 2.75) is 20.8 Å². The van der Waals surface area contributed by atoms with Crippen molar-refractivity contribution in [2.24, 2.45) is 5.92 Å². The van der Waals surface area contributed by atoms with Crippen LogP contribution in [-0.2, 0) is 0 Å². The molecule has 0 atom stereocenters. The lowest BCUT2D eigenvalue weighted by Crippen LogP contribution is -2.28. The Kier molecular flexibility index (Phi) is 4.02. The second kappa shape index (κ2) is 5.39. The summed E-state index contributed by atoms with van der Waals surface area (Å²) < 4.78 is 1.63. The van der Waals surface area contributed by atoms with E-state index in [1.54, 1.807) is 23.6 Å². The largest absolute Gasteiger partial charge is 0.350 e. The summed E-state index contributed by atoms with van der Waals surface area (Å²) in [5, 5.41) is 3.77. The number of pyridine rings is 1. The number of amides is 1. The van der Waals surface area contributed by atoms with Crippen molar-refractivity contribution in [3.8, 4) is 0 Å². The first kappa shape index (κ1) is 14.2. The fourth-order valence-corrected chi connectivity index (χ4v) is 2.35. The van der Waals surface area contributed by atoms with Crippen LogP contribution in [0, 0.1) is 12.8 Å². The maximum atomic E-state index is 12.2. The lowest BCUT2D eigenvalue weighted by molar-refractivity contribution is 0.0942. The van der Waals surface area contributed by atoms with Gasteiger partial charge in [0, 0.05) is 12.7 Å². The van der Waals surface area contributed by atoms with Crippen LogP contribution in [0.5, 0.6) is 0 Å². The number of carbonyl (C=O) groups is 1. The smallest absolute Gasteiger partial charge is 0.270 e. The minimum absolute atomic E-state index is 0.169. The molecule has 1 N–H and O–H groups in total. The highest BCUT2D eigenvalue weighted by molar-refractivity contribution is 6.36. The fraction of sp³-hybridized carbons (Fsp3) is 0.385. The summed E-state index contributed by atoms with van der Waals surface area (Å²) >= 11 is 12.1. The second-order valence-electron chi connectivity index (χ2n) is 4.85. The Labute approximate surface area is 121 Å². The molecule has 4 nitrogen and oxygen atoms in total. The van der Waals surface area contributed by atoms with Crippen molar-refractivity contribution < 1.29 is 4.79 Å². The van der Waals surface area contributed by atoms with Crippen LogP contribution < -0.4 is 5.32 Å². The van der Waals surface area contributed by atoms with Gasteiger partial charge in [-0.1, -0.05) is 37.0 Å². The quantitative estimate of drug-likeness (QED) is 0.945. The predicted octanol–water partition coefficient (Wildman–Crippen LogP) is 3.34. The molecule has 19 heavy (non-hydrogen) atoms. The average Bonchev–Trinajstić information content (AvgIpc) is 2.63.